The Morgan fingerprint density at radius 3 is 2.07 bits per heavy atom. The summed E-state index contributed by atoms with van der Waals surface area (Å²) in [6, 6.07) is 20.6. The summed E-state index contributed by atoms with van der Waals surface area (Å²) in [5, 5.41) is 3.50. The van der Waals surface area contributed by atoms with Crippen LogP contribution in [0.15, 0.2) is 72.8 Å². The van der Waals surface area contributed by atoms with Crippen LogP contribution in [0.4, 0.5) is 5.69 Å². The fraction of sp³-hybridized carbons (Fsp3) is 0.355. The molecular formula is C31H37Cl2N3O4S. The van der Waals surface area contributed by atoms with Crippen LogP contribution >= 0.6 is 23.2 Å². The van der Waals surface area contributed by atoms with Gasteiger partial charge in [0.25, 0.3) is 0 Å². The number of hydrogen-bond donors (Lipinski definition) is 1. The molecule has 0 aliphatic heterocycles. The molecule has 0 aliphatic rings. The molecule has 0 aromatic heterocycles. The molecule has 0 saturated heterocycles. The molecule has 0 aliphatic carbocycles. The molecule has 3 aromatic carbocycles. The third-order valence-corrected chi connectivity index (χ3v) is 8.54. The van der Waals surface area contributed by atoms with Crippen LogP contribution in [0.5, 0.6) is 0 Å². The fourth-order valence-corrected chi connectivity index (χ4v) is 5.59. The molecule has 0 fully saturated rings. The highest BCUT2D eigenvalue weighted by molar-refractivity contribution is 7.92. The topological polar surface area (TPSA) is 86.8 Å². The first-order valence-corrected chi connectivity index (χ1v) is 15.9. The number of hydrogen-bond acceptors (Lipinski definition) is 4. The molecule has 0 saturated carbocycles. The van der Waals surface area contributed by atoms with Crippen LogP contribution in [0.1, 0.15) is 44.4 Å². The van der Waals surface area contributed by atoms with Crippen LogP contribution in [-0.2, 0) is 38.0 Å². The first-order valence-electron chi connectivity index (χ1n) is 13.3. The number of sulfonamides is 1. The molecule has 7 nitrogen and oxygen atoms in total. The van der Waals surface area contributed by atoms with Crippen LogP contribution in [0.25, 0.3) is 0 Å². The quantitative estimate of drug-likeness (QED) is 0.293. The van der Waals surface area contributed by atoms with E-state index in [1.54, 1.807) is 37.3 Å². The maximum absolute atomic E-state index is 14.1. The summed E-state index contributed by atoms with van der Waals surface area (Å²) in [5.41, 5.74) is 2.77. The van der Waals surface area contributed by atoms with Crippen LogP contribution < -0.4 is 9.62 Å². The van der Waals surface area contributed by atoms with E-state index in [1.165, 1.54) is 4.90 Å². The predicted molar refractivity (Wildman–Crippen MR) is 167 cm³/mol. The number of carbonyl (C=O) groups excluding carboxylic acids is 2. The van der Waals surface area contributed by atoms with Crippen LogP contribution in [0.2, 0.25) is 10.0 Å². The molecule has 0 spiro atoms. The Labute approximate surface area is 253 Å². The Bertz CT molecular complexity index is 1460. The van der Waals surface area contributed by atoms with Crippen molar-refractivity contribution in [2.45, 2.75) is 52.1 Å². The number of nitrogens with zero attached hydrogens (tertiary/aromatic N) is 2. The van der Waals surface area contributed by atoms with E-state index in [2.05, 4.69) is 26.1 Å². The highest BCUT2D eigenvalue weighted by Gasteiger charge is 2.33. The van der Waals surface area contributed by atoms with Crippen molar-refractivity contribution < 1.29 is 18.0 Å². The van der Waals surface area contributed by atoms with Crippen molar-refractivity contribution in [1.82, 2.24) is 10.2 Å². The van der Waals surface area contributed by atoms with E-state index < -0.39 is 28.5 Å². The Morgan fingerprint density at radius 1 is 0.902 bits per heavy atom. The summed E-state index contributed by atoms with van der Waals surface area (Å²) in [7, 11) is -3.85. The van der Waals surface area contributed by atoms with Crippen molar-refractivity contribution in [1.29, 1.82) is 0 Å². The Morgan fingerprint density at radius 2 is 1.54 bits per heavy atom. The summed E-state index contributed by atoms with van der Waals surface area (Å²) in [5.74, 6) is -0.876. The van der Waals surface area contributed by atoms with Crippen LogP contribution in [0, 0.1) is 0 Å². The number of anilines is 1. The Balaban J connectivity index is 2.05. The molecule has 1 N–H and O–H groups in total. The molecule has 41 heavy (non-hydrogen) atoms. The van der Waals surface area contributed by atoms with Gasteiger partial charge in [-0.25, -0.2) is 8.42 Å². The number of halogens is 2. The van der Waals surface area contributed by atoms with E-state index in [-0.39, 0.29) is 24.3 Å². The van der Waals surface area contributed by atoms with Gasteiger partial charge < -0.3 is 10.2 Å². The Hall–Kier alpha value is -3.07. The van der Waals surface area contributed by atoms with Gasteiger partial charge in [0.1, 0.15) is 12.6 Å². The molecular weight excluding hydrogens is 581 g/mol. The molecule has 0 unspecified atom stereocenters. The molecule has 0 heterocycles. The van der Waals surface area contributed by atoms with Crippen molar-refractivity contribution in [2.75, 3.05) is 23.7 Å². The standard InChI is InChI=1S/C31H37Cl2N3O4S/c1-6-34-30(38)28(19-22-10-8-7-9-11-22)35(20-23-12-17-26(32)27(33)18-23)29(37)21-36(41(5,39)40)25-15-13-24(14-16-25)31(2,3)4/h7-18,28H,6,19-21H2,1-5H3,(H,34,38)/t28-/m0/s1. The van der Waals surface area contributed by atoms with Gasteiger partial charge in [-0.2, -0.15) is 0 Å². The second kappa shape index (κ2) is 13.7. The van der Waals surface area contributed by atoms with E-state index in [4.69, 9.17) is 23.2 Å². The van der Waals surface area contributed by atoms with E-state index in [9.17, 15) is 18.0 Å². The lowest BCUT2D eigenvalue weighted by Gasteiger charge is -2.33. The van der Waals surface area contributed by atoms with Gasteiger partial charge in [-0.05, 0) is 53.3 Å². The van der Waals surface area contributed by atoms with Gasteiger partial charge in [0.15, 0.2) is 0 Å². The van der Waals surface area contributed by atoms with Gasteiger partial charge >= 0.3 is 0 Å². The highest BCUT2D eigenvalue weighted by atomic mass is 35.5. The van der Waals surface area contributed by atoms with Gasteiger partial charge in [0, 0.05) is 19.5 Å². The van der Waals surface area contributed by atoms with Gasteiger partial charge in [-0.15, -0.1) is 0 Å². The minimum atomic E-state index is -3.85. The number of carbonyl (C=O) groups is 2. The lowest BCUT2D eigenvalue weighted by atomic mass is 9.87. The third-order valence-electron chi connectivity index (χ3n) is 6.66. The Kier molecular flexibility index (Phi) is 10.9. The molecule has 10 heteroatoms. The third kappa shape index (κ3) is 8.96. The molecule has 0 radical (unpaired) electrons. The van der Waals surface area contributed by atoms with E-state index >= 15 is 0 Å². The van der Waals surface area contributed by atoms with Crippen molar-refractivity contribution in [3.05, 3.63) is 99.5 Å². The monoisotopic (exact) mass is 617 g/mol. The first kappa shape index (κ1) is 32.4. The average molecular weight is 619 g/mol. The van der Waals surface area contributed by atoms with E-state index in [0.717, 1.165) is 21.7 Å². The lowest BCUT2D eigenvalue weighted by molar-refractivity contribution is -0.140. The number of likely N-dealkylation sites (N-methyl/N-ethyl adjacent to an activating group) is 1. The molecule has 3 aromatic rings. The van der Waals surface area contributed by atoms with Crippen molar-refractivity contribution in [2.24, 2.45) is 0 Å². The number of nitrogens with one attached hydrogen (secondary N) is 1. The van der Waals surface area contributed by atoms with Crippen molar-refractivity contribution in [3.8, 4) is 0 Å². The zero-order valence-electron chi connectivity index (χ0n) is 24.0. The largest absolute Gasteiger partial charge is 0.355 e. The summed E-state index contributed by atoms with van der Waals surface area (Å²) >= 11 is 12.4. The average Bonchev–Trinajstić information content (AvgIpc) is 2.90. The lowest BCUT2D eigenvalue weighted by Crippen LogP contribution is -2.53. The van der Waals surface area contributed by atoms with Crippen LogP contribution in [-0.4, -0.2) is 50.5 Å². The number of amides is 2. The normalized spacial score (nSPS) is 12.5. The maximum atomic E-state index is 14.1. The summed E-state index contributed by atoms with van der Waals surface area (Å²) < 4.78 is 27.0. The smallest absolute Gasteiger partial charge is 0.244 e. The predicted octanol–water partition coefficient (Wildman–Crippen LogP) is 5.83. The van der Waals surface area contributed by atoms with E-state index in [0.29, 0.717) is 27.8 Å². The van der Waals surface area contributed by atoms with Crippen LogP contribution in [0.3, 0.4) is 0 Å². The van der Waals surface area contributed by atoms with Crippen molar-refractivity contribution >= 4 is 50.7 Å². The molecule has 1 atom stereocenters. The van der Waals surface area contributed by atoms with Gasteiger partial charge in [0.05, 0.1) is 22.0 Å². The number of benzene rings is 3. The fourth-order valence-electron chi connectivity index (χ4n) is 4.42. The molecule has 3 rings (SSSR count). The van der Waals surface area contributed by atoms with E-state index in [1.807, 2.05) is 42.5 Å². The second-order valence-electron chi connectivity index (χ2n) is 10.9. The van der Waals surface area contributed by atoms with Gasteiger partial charge in [-0.1, -0.05) is 92.5 Å². The number of rotatable bonds is 11. The SMILES string of the molecule is CCNC(=O)[C@H](Cc1ccccc1)N(Cc1ccc(Cl)c(Cl)c1)C(=O)CN(c1ccc(C(C)(C)C)cc1)S(C)(=O)=O. The van der Waals surface area contributed by atoms with Gasteiger partial charge in [-0.3, -0.25) is 13.9 Å². The van der Waals surface area contributed by atoms with Crippen molar-refractivity contribution in [3.63, 3.8) is 0 Å². The summed E-state index contributed by atoms with van der Waals surface area (Å²) in [6.45, 7) is 7.90. The van der Waals surface area contributed by atoms with Gasteiger partial charge in [0.2, 0.25) is 21.8 Å². The summed E-state index contributed by atoms with van der Waals surface area (Å²) in [6.07, 6.45) is 1.30. The maximum Gasteiger partial charge on any atom is 0.244 e. The minimum absolute atomic E-state index is 0.0188. The zero-order chi connectivity index (χ0) is 30.4. The summed E-state index contributed by atoms with van der Waals surface area (Å²) in [4.78, 5) is 28.9. The first-order chi connectivity index (χ1) is 19.2. The molecule has 0 bridgehead atoms. The highest BCUT2D eigenvalue weighted by Crippen LogP contribution is 2.27. The zero-order valence-corrected chi connectivity index (χ0v) is 26.4. The minimum Gasteiger partial charge on any atom is -0.355 e. The molecule has 220 valence electrons. The second-order valence-corrected chi connectivity index (χ2v) is 13.7. The molecule has 2 amide bonds.